The Hall–Kier alpha value is -0.780. The second-order valence-electron chi connectivity index (χ2n) is 6.86. The Balaban J connectivity index is 0.00000176. The number of hydrogen-bond donors (Lipinski definition) is 1. The second-order valence-corrected chi connectivity index (χ2v) is 6.86. The monoisotopic (exact) mass is 413 g/mol. The zero-order valence-corrected chi connectivity index (χ0v) is 16.0. The minimum absolute atomic E-state index is 0. The number of halogens is 1. The Morgan fingerprint density at radius 3 is 2.41 bits per heavy atom. The summed E-state index contributed by atoms with van der Waals surface area (Å²) >= 11 is 0. The topological polar surface area (TPSA) is 27.6 Å². The van der Waals surface area contributed by atoms with E-state index >= 15 is 0 Å². The van der Waals surface area contributed by atoms with Crippen molar-refractivity contribution in [3.05, 3.63) is 35.9 Å². The molecule has 1 aromatic rings. The Labute approximate surface area is 151 Å². The third kappa shape index (κ3) is 4.15. The highest BCUT2D eigenvalue weighted by Crippen LogP contribution is 2.56. The first kappa shape index (κ1) is 17.6. The molecule has 0 unspecified atom stereocenters. The molecule has 2 aliphatic rings. The largest absolute Gasteiger partial charge is 0.356 e. The molecule has 2 saturated carbocycles. The van der Waals surface area contributed by atoms with Crippen molar-refractivity contribution in [2.75, 3.05) is 20.6 Å². The molecular weight excluding hydrogens is 385 g/mol. The summed E-state index contributed by atoms with van der Waals surface area (Å²) in [4.78, 5) is 6.87. The lowest BCUT2D eigenvalue weighted by Crippen LogP contribution is -2.47. The summed E-state index contributed by atoms with van der Waals surface area (Å²) in [5.41, 5.74) is 1.85. The van der Waals surface area contributed by atoms with E-state index in [0.717, 1.165) is 25.0 Å². The number of nitrogens with one attached hydrogen (secondary N) is 1. The van der Waals surface area contributed by atoms with E-state index in [1.807, 2.05) is 6.07 Å². The van der Waals surface area contributed by atoms with Gasteiger partial charge < -0.3 is 10.2 Å². The zero-order valence-electron chi connectivity index (χ0n) is 13.7. The fraction of sp³-hybridized carbons (Fsp3) is 0.611. The number of rotatable bonds is 5. The van der Waals surface area contributed by atoms with Crippen LogP contribution < -0.4 is 5.32 Å². The first-order valence-corrected chi connectivity index (χ1v) is 8.19. The van der Waals surface area contributed by atoms with Gasteiger partial charge in [0.25, 0.3) is 0 Å². The summed E-state index contributed by atoms with van der Waals surface area (Å²) < 4.78 is 0. The smallest absolute Gasteiger partial charge is 0.193 e. The van der Waals surface area contributed by atoms with Gasteiger partial charge in [-0.1, -0.05) is 36.8 Å². The van der Waals surface area contributed by atoms with Crippen LogP contribution in [0.15, 0.2) is 35.3 Å². The summed E-state index contributed by atoms with van der Waals surface area (Å²) in [7, 11) is 4.14. The van der Waals surface area contributed by atoms with Crippen molar-refractivity contribution in [2.24, 2.45) is 16.3 Å². The van der Waals surface area contributed by atoms with E-state index in [4.69, 9.17) is 4.99 Å². The molecule has 0 heterocycles. The Morgan fingerprint density at radius 2 is 1.91 bits per heavy atom. The summed E-state index contributed by atoms with van der Waals surface area (Å²) in [5, 5.41) is 3.63. The van der Waals surface area contributed by atoms with Gasteiger partial charge in [-0.05, 0) is 42.6 Å². The minimum Gasteiger partial charge on any atom is -0.356 e. The maximum atomic E-state index is 4.77. The molecule has 2 fully saturated rings. The van der Waals surface area contributed by atoms with Crippen LogP contribution in [0.25, 0.3) is 0 Å². The average molecular weight is 413 g/mol. The third-order valence-corrected chi connectivity index (χ3v) is 5.07. The summed E-state index contributed by atoms with van der Waals surface area (Å²) in [5.74, 6) is 2.00. The Bertz CT molecular complexity index is 490. The third-order valence-electron chi connectivity index (χ3n) is 5.07. The Kier molecular flexibility index (Phi) is 6.12. The van der Waals surface area contributed by atoms with Crippen molar-refractivity contribution >= 4 is 29.9 Å². The lowest BCUT2D eigenvalue weighted by Gasteiger charge is -2.43. The molecule has 0 bridgehead atoms. The van der Waals surface area contributed by atoms with Gasteiger partial charge in [0.1, 0.15) is 0 Å². The number of aliphatic imine (C=N–C) groups is 1. The van der Waals surface area contributed by atoms with Gasteiger partial charge in [0.05, 0.1) is 6.54 Å². The molecule has 0 saturated heterocycles. The summed E-state index contributed by atoms with van der Waals surface area (Å²) in [6.07, 6.45) is 7.12. The van der Waals surface area contributed by atoms with E-state index < -0.39 is 0 Å². The van der Waals surface area contributed by atoms with E-state index in [1.54, 1.807) is 0 Å². The molecule has 0 spiro atoms. The number of hydrogen-bond acceptors (Lipinski definition) is 1. The van der Waals surface area contributed by atoms with Crippen LogP contribution in [0.1, 0.15) is 37.7 Å². The molecule has 0 radical (unpaired) electrons. The van der Waals surface area contributed by atoms with Crippen LogP contribution in [0.2, 0.25) is 0 Å². The predicted molar refractivity (Wildman–Crippen MR) is 104 cm³/mol. The maximum absolute atomic E-state index is 4.77. The molecule has 3 rings (SSSR count). The standard InChI is InChI=1S/C18H27N3.HI/c1-21(2)17(19-13-15-7-4-3-5-8-15)20-14-18(11-6-12-18)16-9-10-16;/h3-5,7-8,16H,6,9-14H2,1-2H3,(H,19,20);1H. The van der Waals surface area contributed by atoms with Crippen LogP contribution in [0.5, 0.6) is 0 Å². The van der Waals surface area contributed by atoms with Crippen LogP contribution >= 0.6 is 24.0 Å². The molecule has 1 aromatic carbocycles. The van der Waals surface area contributed by atoms with Gasteiger partial charge in [0, 0.05) is 20.6 Å². The van der Waals surface area contributed by atoms with Crippen molar-refractivity contribution < 1.29 is 0 Å². The molecule has 4 heteroatoms. The lowest BCUT2D eigenvalue weighted by atomic mass is 9.65. The SMILES string of the molecule is CN(C)C(=NCc1ccccc1)NCC1(C2CC2)CCC1.I. The van der Waals surface area contributed by atoms with Gasteiger partial charge in [-0.15, -0.1) is 24.0 Å². The fourth-order valence-corrected chi connectivity index (χ4v) is 3.42. The molecule has 122 valence electrons. The normalized spacial score (nSPS) is 19.8. The molecule has 1 N–H and O–H groups in total. The van der Waals surface area contributed by atoms with Gasteiger partial charge in [-0.25, -0.2) is 4.99 Å². The van der Waals surface area contributed by atoms with E-state index in [1.165, 1.54) is 37.7 Å². The highest BCUT2D eigenvalue weighted by Gasteiger charge is 2.48. The van der Waals surface area contributed by atoms with E-state index in [2.05, 4.69) is 48.6 Å². The zero-order chi connectivity index (χ0) is 14.7. The van der Waals surface area contributed by atoms with Gasteiger partial charge in [0.15, 0.2) is 5.96 Å². The van der Waals surface area contributed by atoms with Crippen molar-refractivity contribution in [3.63, 3.8) is 0 Å². The highest BCUT2D eigenvalue weighted by atomic mass is 127. The van der Waals surface area contributed by atoms with Crippen molar-refractivity contribution in [1.29, 1.82) is 0 Å². The first-order chi connectivity index (χ1) is 10.2. The quantitative estimate of drug-likeness (QED) is 0.451. The van der Waals surface area contributed by atoms with Crippen LogP contribution in [0.4, 0.5) is 0 Å². The van der Waals surface area contributed by atoms with E-state index in [-0.39, 0.29) is 24.0 Å². The average Bonchev–Trinajstić information content (AvgIpc) is 3.26. The molecule has 3 nitrogen and oxygen atoms in total. The van der Waals surface area contributed by atoms with E-state index in [9.17, 15) is 0 Å². The number of guanidine groups is 1. The summed E-state index contributed by atoms with van der Waals surface area (Å²) in [6, 6.07) is 10.5. The Morgan fingerprint density at radius 1 is 1.23 bits per heavy atom. The molecule has 22 heavy (non-hydrogen) atoms. The highest BCUT2D eigenvalue weighted by molar-refractivity contribution is 14.0. The molecular formula is C18H28IN3. The maximum Gasteiger partial charge on any atom is 0.193 e. The molecule has 2 aliphatic carbocycles. The second kappa shape index (κ2) is 7.66. The van der Waals surface area contributed by atoms with Gasteiger partial charge >= 0.3 is 0 Å². The molecule has 0 amide bonds. The molecule has 0 aromatic heterocycles. The van der Waals surface area contributed by atoms with Crippen molar-refractivity contribution in [2.45, 2.75) is 38.6 Å². The van der Waals surface area contributed by atoms with Gasteiger partial charge in [0.2, 0.25) is 0 Å². The van der Waals surface area contributed by atoms with Crippen LogP contribution in [-0.2, 0) is 6.54 Å². The fourth-order valence-electron chi connectivity index (χ4n) is 3.42. The molecule has 0 atom stereocenters. The number of nitrogens with zero attached hydrogens (tertiary/aromatic N) is 2. The van der Waals surface area contributed by atoms with Crippen LogP contribution in [0.3, 0.4) is 0 Å². The first-order valence-electron chi connectivity index (χ1n) is 8.19. The van der Waals surface area contributed by atoms with E-state index in [0.29, 0.717) is 5.41 Å². The predicted octanol–water partition coefficient (Wildman–Crippen LogP) is 3.89. The number of benzene rings is 1. The van der Waals surface area contributed by atoms with Gasteiger partial charge in [-0.2, -0.15) is 0 Å². The molecule has 0 aliphatic heterocycles. The van der Waals surface area contributed by atoms with Crippen LogP contribution in [-0.4, -0.2) is 31.5 Å². The van der Waals surface area contributed by atoms with Crippen LogP contribution in [0, 0.1) is 11.3 Å². The van der Waals surface area contributed by atoms with Crippen molar-refractivity contribution in [3.8, 4) is 0 Å². The van der Waals surface area contributed by atoms with Gasteiger partial charge in [-0.3, -0.25) is 0 Å². The lowest BCUT2D eigenvalue weighted by molar-refractivity contribution is 0.105. The minimum atomic E-state index is 0. The van der Waals surface area contributed by atoms with Crippen molar-refractivity contribution in [1.82, 2.24) is 10.2 Å². The summed E-state index contributed by atoms with van der Waals surface area (Å²) in [6.45, 7) is 1.85.